The highest BCUT2D eigenvalue weighted by Gasteiger charge is 2.31. The van der Waals surface area contributed by atoms with E-state index in [4.69, 9.17) is 5.11 Å². The summed E-state index contributed by atoms with van der Waals surface area (Å²) in [5.74, 6) is -1.44. The number of hydrogen-bond acceptors (Lipinski definition) is 5. The number of thioether (sulfide) groups is 1. The van der Waals surface area contributed by atoms with Gasteiger partial charge in [0, 0.05) is 6.20 Å². The van der Waals surface area contributed by atoms with Crippen LogP contribution in [-0.4, -0.2) is 34.4 Å². The Hall–Kier alpha value is -1.43. The third-order valence-corrected chi connectivity index (χ3v) is 3.36. The van der Waals surface area contributed by atoms with Gasteiger partial charge in [0.05, 0.1) is 12.5 Å². The third kappa shape index (κ3) is 2.82. The Labute approximate surface area is 104 Å². The van der Waals surface area contributed by atoms with Crippen molar-refractivity contribution >= 4 is 23.7 Å². The summed E-state index contributed by atoms with van der Waals surface area (Å²) in [6.07, 6.45) is 1.53. The van der Waals surface area contributed by atoms with Crippen LogP contribution in [0.5, 0.6) is 0 Å². The van der Waals surface area contributed by atoms with Gasteiger partial charge in [-0.25, -0.2) is 9.59 Å². The molecule has 0 saturated carbocycles. The molecule has 1 N–H and O–H groups in total. The van der Waals surface area contributed by atoms with Crippen LogP contribution >= 0.6 is 11.8 Å². The maximum Gasteiger partial charge on any atom is 0.352 e. The van der Waals surface area contributed by atoms with Gasteiger partial charge in [-0.1, -0.05) is 11.8 Å². The lowest BCUT2D eigenvalue weighted by Gasteiger charge is -2.22. The van der Waals surface area contributed by atoms with Gasteiger partial charge in [0.1, 0.15) is 10.6 Å². The molecule has 0 bridgehead atoms. The minimum atomic E-state index is -1.00. The molecule has 1 rings (SSSR count). The second kappa shape index (κ2) is 5.27. The summed E-state index contributed by atoms with van der Waals surface area (Å²) in [5.41, 5.74) is 0.885. The van der Waals surface area contributed by atoms with Crippen LogP contribution < -0.4 is 0 Å². The number of nitrogens with zero attached hydrogens (tertiary/aromatic N) is 1. The van der Waals surface area contributed by atoms with Gasteiger partial charge in [0.2, 0.25) is 0 Å². The fraction of sp³-hybridized carbons (Fsp3) is 0.455. The average Bonchev–Trinajstić information content (AvgIpc) is 2.59. The van der Waals surface area contributed by atoms with E-state index in [1.54, 1.807) is 18.7 Å². The Morgan fingerprint density at radius 2 is 2.06 bits per heavy atom. The molecule has 0 spiro atoms. The molecule has 17 heavy (non-hydrogen) atoms. The Morgan fingerprint density at radius 3 is 2.47 bits per heavy atom. The maximum absolute atomic E-state index is 11.4. The van der Waals surface area contributed by atoms with Gasteiger partial charge >= 0.3 is 11.9 Å². The highest BCUT2D eigenvalue weighted by atomic mass is 32.2. The summed E-state index contributed by atoms with van der Waals surface area (Å²) in [4.78, 5) is 24.5. The van der Waals surface area contributed by atoms with Crippen LogP contribution in [0.15, 0.2) is 22.4 Å². The van der Waals surface area contributed by atoms with Gasteiger partial charge in [0.25, 0.3) is 0 Å². The first-order valence-electron chi connectivity index (χ1n) is 5.04. The van der Waals surface area contributed by atoms with Crippen molar-refractivity contribution in [3.8, 4) is 0 Å². The molecule has 0 saturated heterocycles. The molecule has 1 aliphatic rings. The maximum atomic E-state index is 11.4. The van der Waals surface area contributed by atoms with E-state index in [0.29, 0.717) is 10.5 Å². The summed E-state index contributed by atoms with van der Waals surface area (Å²) in [7, 11) is 1.30. The lowest BCUT2D eigenvalue weighted by Crippen LogP contribution is -2.27. The lowest BCUT2D eigenvalue weighted by molar-refractivity contribution is -0.136. The zero-order valence-electron chi connectivity index (χ0n) is 10.2. The average molecular weight is 257 g/mol. The van der Waals surface area contributed by atoms with E-state index < -0.39 is 11.9 Å². The number of allylic oxidation sites excluding steroid dienone is 1. The van der Waals surface area contributed by atoms with Crippen LogP contribution in [0.4, 0.5) is 0 Å². The minimum absolute atomic E-state index is 0.134. The number of carboxylic acid groups (broad SMARTS) is 1. The van der Waals surface area contributed by atoms with Gasteiger partial charge in [-0.2, -0.15) is 0 Å². The number of carbonyl (C=O) groups is 2. The quantitative estimate of drug-likeness (QED) is 0.614. The second-order valence-corrected chi connectivity index (χ2v) is 5.12. The van der Waals surface area contributed by atoms with Gasteiger partial charge in [-0.3, -0.25) is 0 Å². The predicted octanol–water partition coefficient (Wildman–Crippen LogP) is 1.77. The molecular weight excluding hydrogens is 242 g/mol. The van der Waals surface area contributed by atoms with E-state index in [-0.39, 0.29) is 11.1 Å². The van der Waals surface area contributed by atoms with Crippen molar-refractivity contribution in [1.82, 2.24) is 4.90 Å². The largest absolute Gasteiger partial charge is 0.477 e. The number of carboxylic acids is 1. The molecule has 0 radical (unpaired) electrons. The monoisotopic (exact) mass is 257 g/mol. The molecule has 0 amide bonds. The van der Waals surface area contributed by atoms with Crippen LogP contribution in [0, 0.1) is 0 Å². The molecule has 1 heterocycles. The number of hydrogen-bond donors (Lipinski definition) is 1. The highest BCUT2D eigenvalue weighted by molar-refractivity contribution is 8.04. The topological polar surface area (TPSA) is 66.8 Å². The lowest BCUT2D eigenvalue weighted by atomic mass is 10.2. The van der Waals surface area contributed by atoms with E-state index in [2.05, 4.69) is 4.74 Å². The van der Waals surface area contributed by atoms with E-state index >= 15 is 0 Å². The summed E-state index contributed by atoms with van der Waals surface area (Å²) in [6, 6.07) is 0. The van der Waals surface area contributed by atoms with Crippen molar-refractivity contribution in [2.24, 2.45) is 0 Å². The van der Waals surface area contributed by atoms with Gasteiger partial charge in [-0.15, -0.1) is 0 Å². The number of ether oxygens (including phenoxy) is 1. The van der Waals surface area contributed by atoms with E-state index in [1.165, 1.54) is 25.1 Å². The zero-order chi connectivity index (χ0) is 13.2. The standard InChI is InChI=1S/C11H15NO4S/c1-6(2)9(10(13)14)12-5-8(11(15)16-4)17-7(12)3/h5,7H,1-4H3,(H,13,14). The van der Waals surface area contributed by atoms with Crippen LogP contribution in [0.1, 0.15) is 20.8 Å². The molecule has 5 nitrogen and oxygen atoms in total. The Balaban J connectivity index is 3.07. The second-order valence-electron chi connectivity index (χ2n) is 3.76. The molecular formula is C11H15NO4S. The number of carbonyl (C=O) groups excluding carboxylic acids is 1. The first kappa shape index (κ1) is 13.6. The predicted molar refractivity (Wildman–Crippen MR) is 65.0 cm³/mol. The molecule has 1 aliphatic heterocycles. The molecule has 1 unspecified atom stereocenters. The number of aliphatic carboxylic acids is 1. The number of esters is 1. The molecule has 1 atom stereocenters. The number of rotatable bonds is 3. The SMILES string of the molecule is COC(=O)C1=CN(C(C(=O)O)=C(C)C)C(C)S1. The van der Waals surface area contributed by atoms with Crippen molar-refractivity contribution in [3.63, 3.8) is 0 Å². The van der Waals surface area contributed by atoms with E-state index in [1.807, 2.05) is 6.92 Å². The molecule has 0 aromatic heterocycles. The van der Waals surface area contributed by atoms with Crippen LogP contribution in [0.25, 0.3) is 0 Å². The fourth-order valence-electron chi connectivity index (χ4n) is 1.53. The molecule has 0 aliphatic carbocycles. The summed E-state index contributed by atoms with van der Waals surface area (Å²) < 4.78 is 4.61. The summed E-state index contributed by atoms with van der Waals surface area (Å²) >= 11 is 1.28. The van der Waals surface area contributed by atoms with Crippen molar-refractivity contribution in [2.45, 2.75) is 26.1 Å². The van der Waals surface area contributed by atoms with Crippen molar-refractivity contribution in [1.29, 1.82) is 0 Å². The molecule has 94 valence electrons. The van der Waals surface area contributed by atoms with Gasteiger partial charge in [-0.05, 0) is 26.3 Å². The Bertz CT molecular complexity index is 410. The van der Waals surface area contributed by atoms with Crippen LogP contribution in [-0.2, 0) is 14.3 Å². The van der Waals surface area contributed by atoms with E-state index in [0.717, 1.165) is 0 Å². The van der Waals surface area contributed by atoms with Crippen molar-refractivity contribution in [3.05, 3.63) is 22.4 Å². The summed E-state index contributed by atoms with van der Waals surface area (Å²) in [6.45, 7) is 5.29. The smallest absolute Gasteiger partial charge is 0.352 e. The molecule has 0 aromatic rings. The van der Waals surface area contributed by atoms with Gasteiger partial charge < -0.3 is 14.7 Å². The first-order chi connectivity index (χ1) is 7.88. The molecule has 6 heteroatoms. The summed E-state index contributed by atoms with van der Waals surface area (Å²) in [5, 5.41) is 9.02. The molecule has 0 aromatic carbocycles. The van der Waals surface area contributed by atoms with E-state index in [9.17, 15) is 9.59 Å². The minimum Gasteiger partial charge on any atom is -0.477 e. The van der Waals surface area contributed by atoms with Crippen LogP contribution in [0.2, 0.25) is 0 Å². The van der Waals surface area contributed by atoms with Crippen molar-refractivity contribution in [2.75, 3.05) is 7.11 Å². The third-order valence-electron chi connectivity index (χ3n) is 2.27. The van der Waals surface area contributed by atoms with Gasteiger partial charge in [0.15, 0.2) is 0 Å². The molecule has 0 fully saturated rings. The zero-order valence-corrected chi connectivity index (χ0v) is 11.0. The van der Waals surface area contributed by atoms with Crippen molar-refractivity contribution < 1.29 is 19.4 Å². The Kier molecular flexibility index (Phi) is 4.22. The Morgan fingerprint density at radius 1 is 1.47 bits per heavy atom. The first-order valence-corrected chi connectivity index (χ1v) is 5.92. The normalized spacial score (nSPS) is 18.7. The highest BCUT2D eigenvalue weighted by Crippen LogP contribution is 2.36. The fourth-order valence-corrected chi connectivity index (χ4v) is 2.53. The van der Waals surface area contributed by atoms with Crippen LogP contribution in [0.3, 0.4) is 0 Å². The number of methoxy groups -OCH3 is 1.